The number of ether oxygens (including phenoxy) is 1. The maximum atomic E-state index is 11.8. The van der Waals surface area contributed by atoms with Gasteiger partial charge in [0.2, 0.25) is 0 Å². The normalized spacial score (nSPS) is 15.6. The smallest absolute Gasteiger partial charge is 0.138 e. The minimum absolute atomic E-state index is 0.157. The number of ketones is 1. The number of hydrogen-bond donors (Lipinski definition) is 1. The van der Waals surface area contributed by atoms with Crippen LogP contribution in [0, 0.1) is 16.2 Å². The van der Waals surface area contributed by atoms with Gasteiger partial charge in [0.1, 0.15) is 5.78 Å². The molecule has 0 saturated carbocycles. The minimum atomic E-state index is -0.216. The van der Waals surface area contributed by atoms with Crippen LogP contribution in [0.5, 0.6) is 0 Å². The Hall–Kier alpha value is -0.410. The average Bonchev–Trinajstić information content (AvgIpc) is 2.34. The number of carbonyl (C=O) groups excluding carboxylic acids is 1. The van der Waals surface area contributed by atoms with Gasteiger partial charge in [0.15, 0.2) is 0 Å². The average molecular weight is 315 g/mol. The van der Waals surface area contributed by atoms with Crippen molar-refractivity contribution in [2.45, 2.75) is 80.6 Å². The molecule has 0 saturated heterocycles. The molecule has 0 aliphatic heterocycles. The lowest BCUT2D eigenvalue weighted by atomic mass is 9.76. The molecule has 132 valence electrons. The molecule has 0 bridgehead atoms. The highest BCUT2D eigenvalue weighted by molar-refractivity contribution is 5.83. The molecule has 0 amide bonds. The highest BCUT2D eigenvalue weighted by atomic mass is 16.5. The largest absolute Gasteiger partial charge is 0.396 e. The lowest BCUT2D eigenvalue weighted by molar-refractivity contribution is -0.126. The van der Waals surface area contributed by atoms with Crippen molar-refractivity contribution in [3.8, 4) is 0 Å². The second kappa shape index (κ2) is 9.02. The number of carbonyl (C=O) groups is 1. The van der Waals surface area contributed by atoms with Crippen molar-refractivity contribution in [2.75, 3.05) is 19.8 Å². The van der Waals surface area contributed by atoms with E-state index in [0.29, 0.717) is 25.4 Å². The van der Waals surface area contributed by atoms with E-state index in [1.54, 1.807) is 0 Å². The van der Waals surface area contributed by atoms with E-state index in [4.69, 9.17) is 4.74 Å². The highest BCUT2D eigenvalue weighted by Gasteiger charge is 2.29. The molecule has 0 radical (unpaired) electrons. The van der Waals surface area contributed by atoms with Gasteiger partial charge in [-0.15, -0.1) is 0 Å². The third-order valence-corrected chi connectivity index (χ3v) is 3.82. The maximum Gasteiger partial charge on any atom is 0.138 e. The van der Waals surface area contributed by atoms with Gasteiger partial charge in [0.25, 0.3) is 0 Å². The van der Waals surface area contributed by atoms with Gasteiger partial charge in [-0.05, 0) is 24.7 Å². The second-order valence-corrected chi connectivity index (χ2v) is 9.24. The first kappa shape index (κ1) is 21.6. The molecule has 22 heavy (non-hydrogen) atoms. The molecule has 1 N–H and O–H groups in total. The van der Waals surface area contributed by atoms with Gasteiger partial charge in [-0.3, -0.25) is 4.79 Å². The van der Waals surface area contributed by atoms with E-state index in [-0.39, 0.29) is 22.9 Å². The van der Waals surface area contributed by atoms with E-state index >= 15 is 0 Å². The fourth-order valence-corrected chi connectivity index (χ4v) is 2.79. The van der Waals surface area contributed by atoms with Crippen LogP contribution < -0.4 is 0 Å². The molecule has 0 aromatic rings. The lowest BCUT2D eigenvalue weighted by Crippen LogP contribution is -2.32. The molecule has 0 aromatic carbocycles. The standard InChI is InChI=1S/C19H38O3/c1-17(2,3)13-19(7,14-20)15-22-12-10-8-9-11-16(21)18(4,5)6/h20H,8-15H2,1-7H3. The van der Waals surface area contributed by atoms with Crippen molar-refractivity contribution >= 4 is 5.78 Å². The zero-order valence-electron chi connectivity index (χ0n) is 15.9. The summed E-state index contributed by atoms with van der Waals surface area (Å²) in [7, 11) is 0. The van der Waals surface area contributed by atoms with Gasteiger partial charge < -0.3 is 9.84 Å². The van der Waals surface area contributed by atoms with Crippen molar-refractivity contribution in [2.24, 2.45) is 16.2 Å². The summed E-state index contributed by atoms with van der Waals surface area (Å²) >= 11 is 0. The molecule has 1 atom stereocenters. The highest BCUT2D eigenvalue weighted by Crippen LogP contribution is 2.33. The number of unbranched alkanes of at least 4 members (excludes halogenated alkanes) is 2. The van der Waals surface area contributed by atoms with E-state index < -0.39 is 0 Å². The van der Waals surface area contributed by atoms with Crippen LogP contribution in [0.1, 0.15) is 80.6 Å². The first-order chi connectivity index (χ1) is 9.90. The maximum absolute atomic E-state index is 11.8. The number of Topliss-reactive ketones (excluding diaryl/α,β-unsaturated/α-hetero) is 1. The molecule has 0 aliphatic carbocycles. The quantitative estimate of drug-likeness (QED) is 0.599. The summed E-state index contributed by atoms with van der Waals surface area (Å²) in [6, 6.07) is 0. The van der Waals surface area contributed by atoms with Gasteiger partial charge in [0, 0.05) is 23.9 Å². The Balaban J connectivity index is 3.82. The molecule has 0 spiro atoms. The van der Waals surface area contributed by atoms with Gasteiger partial charge >= 0.3 is 0 Å². The Bertz CT molecular complexity index is 323. The van der Waals surface area contributed by atoms with Crippen LogP contribution in [-0.4, -0.2) is 30.7 Å². The van der Waals surface area contributed by atoms with Crippen molar-refractivity contribution < 1.29 is 14.6 Å². The fourth-order valence-electron chi connectivity index (χ4n) is 2.79. The number of hydrogen-bond acceptors (Lipinski definition) is 3. The van der Waals surface area contributed by atoms with E-state index in [9.17, 15) is 9.90 Å². The van der Waals surface area contributed by atoms with Crippen LogP contribution in [0.15, 0.2) is 0 Å². The van der Waals surface area contributed by atoms with E-state index in [2.05, 4.69) is 27.7 Å². The van der Waals surface area contributed by atoms with E-state index in [1.165, 1.54) is 0 Å². The minimum Gasteiger partial charge on any atom is -0.396 e. The number of aliphatic hydroxyl groups excluding tert-OH is 1. The zero-order valence-corrected chi connectivity index (χ0v) is 15.9. The molecule has 3 heteroatoms. The Morgan fingerprint density at radius 3 is 2.00 bits per heavy atom. The first-order valence-corrected chi connectivity index (χ1v) is 8.62. The molecule has 3 nitrogen and oxygen atoms in total. The Kier molecular flexibility index (Phi) is 8.86. The van der Waals surface area contributed by atoms with E-state index in [1.807, 2.05) is 20.8 Å². The monoisotopic (exact) mass is 314 g/mol. The lowest BCUT2D eigenvalue weighted by Gasteiger charge is -2.33. The number of aliphatic hydroxyl groups is 1. The van der Waals surface area contributed by atoms with Crippen molar-refractivity contribution in [3.63, 3.8) is 0 Å². The Labute approximate surface area is 137 Å². The van der Waals surface area contributed by atoms with Crippen molar-refractivity contribution in [1.82, 2.24) is 0 Å². The van der Waals surface area contributed by atoms with Crippen LogP contribution in [0.4, 0.5) is 0 Å². The summed E-state index contributed by atoms with van der Waals surface area (Å²) in [5, 5.41) is 9.61. The first-order valence-electron chi connectivity index (χ1n) is 8.62. The van der Waals surface area contributed by atoms with Crippen LogP contribution in [0.3, 0.4) is 0 Å². The summed E-state index contributed by atoms with van der Waals surface area (Å²) in [4.78, 5) is 11.8. The third kappa shape index (κ3) is 10.3. The van der Waals surface area contributed by atoms with Gasteiger partial charge in [-0.1, -0.05) is 54.9 Å². The molecule has 0 rings (SSSR count). The van der Waals surface area contributed by atoms with Crippen LogP contribution >= 0.6 is 0 Å². The summed E-state index contributed by atoms with van der Waals surface area (Å²) in [6.07, 6.45) is 4.56. The van der Waals surface area contributed by atoms with E-state index in [0.717, 1.165) is 25.7 Å². The molecular weight excluding hydrogens is 276 g/mol. The van der Waals surface area contributed by atoms with Gasteiger partial charge in [-0.25, -0.2) is 0 Å². The summed E-state index contributed by atoms with van der Waals surface area (Å²) < 4.78 is 5.76. The topological polar surface area (TPSA) is 46.5 Å². The molecule has 0 aliphatic rings. The predicted molar refractivity (Wildman–Crippen MR) is 93.0 cm³/mol. The molecule has 0 aromatic heterocycles. The molecule has 0 heterocycles. The van der Waals surface area contributed by atoms with Crippen LogP contribution in [-0.2, 0) is 9.53 Å². The van der Waals surface area contributed by atoms with Gasteiger partial charge in [-0.2, -0.15) is 0 Å². The Morgan fingerprint density at radius 1 is 0.955 bits per heavy atom. The molecule has 1 unspecified atom stereocenters. The predicted octanol–water partition coefficient (Wildman–Crippen LogP) is 4.61. The van der Waals surface area contributed by atoms with Crippen molar-refractivity contribution in [1.29, 1.82) is 0 Å². The third-order valence-electron chi connectivity index (χ3n) is 3.82. The van der Waals surface area contributed by atoms with Crippen molar-refractivity contribution in [3.05, 3.63) is 0 Å². The molecule has 0 fully saturated rings. The number of rotatable bonds is 10. The van der Waals surface area contributed by atoms with Gasteiger partial charge in [0.05, 0.1) is 13.2 Å². The summed E-state index contributed by atoms with van der Waals surface area (Å²) in [5.74, 6) is 0.339. The SMILES string of the molecule is CC(C)(C)CC(C)(CO)COCCCCCC(=O)C(C)(C)C. The molecular formula is C19H38O3. The summed E-state index contributed by atoms with van der Waals surface area (Å²) in [6.45, 7) is 16.0. The fraction of sp³-hybridized carbons (Fsp3) is 0.947. The van der Waals surface area contributed by atoms with Crippen LogP contribution in [0.2, 0.25) is 0 Å². The zero-order chi connectivity index (χ0) is 17.4. The second-order valence-electron chi connectivity index (χ2n) is 9.24. The summed E-state index contributed by atoms with van der Waals surface area (Å²) in [5.41, 5.74) is -0.193. The Morgan fingerprint density at radius 2 is 1.55 bits per heavy atom. The van der Waals surface area contributed by atoms with Crippen LogP contribution in [0.25, 0.3) is 0 Å².